The van der Waals surface area contributed by atoms with Gasteiger partial charge in [0.1, 0.15) is 11.6 Å². The van der Waals surface area contributed by atoms with Crippen molar-refractivity contribution in [2.75, 3.05) is 5.32 Å². The summed E-state index contributed by atoms with van der Waals surface area (Å²) in [4.78, 5) is 13.7. The fourth-order valence-corrected chi connectivity index (χ4v) is 5.35. The fraction of sp³-hybridized carbons (Fsp3) is 0.429. The molecule has 2 N–H and O–H groups in total. The first-order valence-corrected chi connectivity index (χ1v) is 12.3. The molecule has 1 unspecified atom stereocenters. The van der Waals surface area contributed by atoms with Gasteiger partial charge in [0.05, 0.1) is 28.9 Å². The van der Waals surface area contributed by atoms with Crippen molar-refractivity contribution in [3.8, 4) is 5.75 Å². The van der Waals surface area contributed by atoms with Crippen molar-refractivity contribution < 1.29 is 23.1 Å². The first-order valence-electron chi connectivity index (χ1n) is 12.3. The van der Waals surface area contributed by atoms with Crippen LogP contribution in [0.2, 0.25) is 0 Å². The normalized spacial score (nSPS) is 17.4. The SMILES string of the molecule is CCC(CC)(CC(=O)c1cnn2c1NC(c1ccccc1O)CC2(C)C)c1ccc(C(F)(F)F)cc1. The Bertz CT molecular complexity index is 1240. The van der Waals surface area contributed by atoms with Gasteiger partial charge in [-0.25, -0.2) is 4.68 Å². The molecule has 0 fully saturated rings. The molecular weight excluding hydrogens is 467 g/mol. The molecule has 0 saturated heterocycles. The summed E-state index contributed by atoms with van der Waals surface area (Å²) in [5.74, 6) is 0.657. The molecule has 8 heteroatoms. The van der Waals surface area contributed by atoms with Gasteiger partial charge in [0.15, 0.2) is 5.78 Å². The highest BCUT2D eigenvalue weighted by molar-refractivity contribution is 6.01. The third kappa shape index (κ3) is 4.61. The number of phenols is 1. The van der Waals surface area contributed by atoms with Crippen LogP contribution in [-0.2, 0) is 17.1 Å². The molecular formula is C28H32F3N3O2. The molecule has 4 rings (SSSR count). The summed E-state index contributed by atoms with van der Waals surface area (Å²) in [6.45, 7) is 7.99. The van der Waals surface area contributed by atoms with E-state index in [1.165, 1.54) is 12.1 Å². The Labute approximate surface area is 209 Å². The summed E-state index contributed by atoms with van der Waals surface area (Å²) in [7, 11) is 0. The van der Waals surface area contributed by atoms with Gasteiger partial charge in [-0.2, -0.15) is 18.3 Å². The second-order valence-corrected chi connectivity index (χ2v) is 10.3. The number of rotatable bonds is 7. The van der Waals surface area contributed by atoms with Crippen LogP contribution in [0.3, 0.4) is 0 Å². The lowest BCUT2D eigenvalue weighted by atomic mass is 9.71. The number of para-hydroxylation sites is 1. The van der Waals surface area contributed by atoms with E-state index in [0.717, 1.165) is 23.3 Å². The van der Waals surface area contributed by atoms with E-state index in [1.807, 2.05) is 44.5 Å². The highest BCUT2D eigenvalue weighted by Gasteiger charge is 2.39. The van der Waals surface area contributed by atoms with Crippen molar-refractivity contribution in [2.45, 2.75) is 76.6 Å². The Kier molecular flexibility index (Phi) is 6.66. The third-order valence-corrected chi connectivity index (χ3v) is 7.65. The van der Waals surface area contributed by atoms with Crippen molar-refractivity contribution in [3.63, 3.8) is 0 Å². The summed E-state index contributed by atoms with van der Waals surface area (Å²) in [6.07, 6.45) is -0.829. The molecule has 2 aromatic carbocycles. The van der Waals surface area contributed by atoms with Crippen molar-refractivity contribution >= 4 is 11.6 Å². The van der Waals surface area contributed by atoms with Gasteiger partial charge in [0, 0.05) is 17.4 Å². The first kappa shape index (κ1) is 25.8. The number of Topliss-reactive ketones (excluding diaryl/α,β-unsaturated/α-hetero) is 1. The quantitative estimate of drug-likeness (QED) is 0.337. The van der Waals surface area contributed by atoms with Crippen molar-refractivity contribution in [3.05, 3.63) is 77.0 Å². The monoisotopic (exact) mass is 499 g/mol. The van der Waals surface area contributed by atoms with E-state index in [9.17, 15) is 23.1 Å². The van der Waals surface area contributed by atoms with Gasteiger partial charge < -0.3 is 10.4 Å². The molecule has 2 heterocycles. The van der Waals surface area contributed by atoms with Gasteiger partial charge in [-0.15, -0.1) is 0 Å². The van der Waals surface area contributed by atoms with E-state index in [2.05, 4.69) is 10.4 Å². The summed E-state index contributed by atoms with van der Waals surface area (Å²) >= 11 is 0. The van der Waals surface area contributed by atoms with Crippen LogP contribution in [0.25, 0.3) is 0 Å². The van der Waals surface area contributed by atoms with Crippen LogP contribution in [0, 0.1) is 0 Å². The molecule has 0 saturated carbocycles. The number of halogens is 3. The third-order valence-electron chi connectivity index (χ3n) is 7.65. The average Bonchev–Trinajstić information content (AvgIpc) is 3.27. The van der Waals surface area contributed by atoms with Crippen LogP contribution >= 0.6 is 0 Å². The molecule has 0 bridgehead atoms. The smallest absolute Gasteiger partial charge is 0.416 e. The van der Waals surface area contributed by atoms with Gasteiger partial charge in [-0.05, 0) is 56.9 Å². The number of carbonyl (C=O) groups is 1. The van der Waals surface area contributed by atoms with Crippen LogP contribution in [0.4, 0.5) is 19.0 Å². The standard InChI is InChI=1S/C28H32F3N3O2/c1-5-27(6-2,18-11-13-19(14-12-18)28(29,30)31)16-24(36)21-17-32-34-25(21)33-22(15-26(34,3)4)20-9-7-8-10-23(20)35/h7-14,17,22,33,35H,5-6,15-16H2,1-4H3. The fourth-order valence-electron chi connectivity index (χ4n) is 5.35. The number of phenolic OH excluding ortho intramolecular Hbond substituents is 1. The number of alkyl halides is 3. The zero-order valence-electron chi connectivity index (χ0n) is 21.0. The number of fused-ring (bicyclic) bond motifs is 1. The van der Waals surface area contributed by atoms with Crippen LogP contribution in [0.15, 0.2) is 54.7 Å². The highest BCUT2D eigenvalue weighted by atomic mass is 19.4. The minimum atomic E-state index is -4.41. The topological polar surface area (TPSA) is 67.2 Å². The molecule has 0 radical (unpaired) electrons. The van der Waals surface area contributed by atoms with E-state index >= 15 is 0 Å². The summed E-state index contributed by atoms with van der Waals surface area (Å²) in [5.41, 5.74) is 0.198. The molecule has 3 aromatic rings. The molecule has 192 valence electrons. The van der Waals surface area contributed by atoms with E-state index in [4.69, 9.17) is 0 Å². The molecule has 36 heavy (non-hydrogen) atoms. The van der Waals surface area contributed by atoms with Crippen LogP contribution in [0.1, 0.15) is 86.5 Å². The highest BCUT2D eigenvalue weighted by Crippen LogP contribution is 2.44. The Hall–Kier alpha value is -3.29. The molecule has 1 aliphatic heterocycles. The Morgan fingerprint density at radius 1 is 1.08 bits per heavy atom. The molecule has 5 nitrogen and oxygen atoms in total. The maximum absolute atomic E-state index is 13.7. The number of hydrogen-bond acceptors (Lipinski definition) is 4. The van der Waals surface area contributed by atoms with Crippen LogP contribution < -0.4 is 5.32 Å². The van der Waals surface area contributed by atoms with Gasteiger partial charge in [0.2, 0.25) is 0 Å². The predicted molar refractivity (Wildman–Crippen MR) is 133 cm³/mol. The summed E-state index contributed by atoms with van der Waals surface area (Å²) in [6, 6.07) is 12.1. The van der Waals surface area contributed by atoms with Crippen molar-refractivity contribution in [1.29, 1.82) is 0 Å². The zero-order chi connectivity index (χ0) is 26.3. The number of aromatic hydroxyl groups is 1. The van der Waals surface area contributed by atoms with Crippen LogP contribution in [0.5, 0.6) is 5.75 Å². The Morgan fingerprint density at radius 2 is 1.69 bits per heavy atom. The number of aromatic nitrogens is 2. The molecule has 1 aliphatic rings. The number of benzene rings is 2. The second-order valence-electron chi connectivity index (χ2n) is 10.3. The van der Waals surface area contributed by atoms with E-state index in [1.54, 1.807) is 18.3 Å². The van der Waals surface area contributed by atoms with Crippen LogP contribution in [-0.4, -0.2) is 20.7 Å². The molecule has 0 aliphatic carbocycles. The van der Waals surface area contributed by atoms with E-state index < -0.39 is 22.7 Å². The summed E-state index contributed by atoms with van der Waals surface area (Å²) in [5, 5.41) is 18.4. The van der Waals surface area contributed by atoms with Gasteiger partial charge in [-0.1, -0.05) is 44.2 Å². The maximum Gasteiger partial charge on any atom is 0.416 e. The number of ketones is 1. The molecule has 0 amide bonds. The lowest BCUT2D eigenvalue weighted by molar-refractivity contribution is -0.137. The zero-order valence-corrected chi connectivity index (χ0v) is 21.0. The Balaban J connectivity index is 1.67. The lowest BCUT2D eigenvalue weighted by Gasteiger charge is -2.38. The van der Waals surface area contributed by atoms with Gasteiger partial charge >= 0.3 is 6.18 Å². The number of carbonyl (C=O) groups excluding carboxylic acids is 1. The molecule has 1 atom stereocenters. The summed E-state index contributed by atoms with van der Waals surface area (Å²) < 4.78 is 41.1. The second kappa shape index (κ2) is 9.30. The van der Waals surface area contributed by atoms with Gasteiger partial charge in [-0.3, -0.25) is 4.79 Å². The van der Waals surface area contributed by atoms with E-state index in [-0.39, 0.29) is 24.0 Å². The predicted octanol–water partition coefficient (Wildman–Crippen LogP) is 7.23. The average molecular weight is 500 g/mol. The molecule has 0 spiro atoms. The number of nitrogens with zero attached hydrogens (tertiary/aromatic N) is 2. The van der Waals surface area contributed by atoms with Crippen molar-refractivity contribution in [1.82, 2.24) is 9.78 Å². The number of nitrogens with one attached hydrogen (secondary N) is 1. The van der Waals surface area contributed by atoms with Gasteiger partial charge in [0.25, 0.3) is 0 Å². The largest absolute Gasteiger partial charge is 0.508 e. The first-order chi connectivity index (χ1) is 16.9. The minimum absolute atomic E-state index is 0.124. The molecule has 1 aromatic heterocycles. The maximum atomic E-state index is 13.7. The number of hydrogen-bond donors (Lipinski definition) is 2. The van der Waals surface area contributed by atoms with E-state index in [0.29, 0.717) is 30.6 Å². The van der Waals surface area contributed by atoms with Crippen molar-refractivity contribution in [2.24, 2.45) is 0 Å². The lowest BCUT2D eigenvalue weighted by Crippen LogP contribution is -2.38. The minimum Gasteiger partial charge on any atom is -0.508 e. The number of anilines is 1. The Morgan fingerprint density at radius 3 is 2.28 bits per heavy atom.